The Bertz CT molecular complexity index is 1100. The molecule has 2 aliphatic rings. The summed E-state index contributed by atoms with van der Waals surface area (Å²) in [5.74, 6) is 0.741. The number of nitrogens with one attached hydrogen (secondary N) is 1. The summed E-state index contributed by atoms with van der Waals surface area (Å²) in [6.07, 6.45) is 6.34. The van der Waals surface area contributed by atoms with Gasteiger partial charge in [-0.05, 0) is 45.1 Å². The molecule has 1 unspecified atom stereocenters. The van der Waals surface area contributed by atoms with Crippen LogP contribution in [0.15, 0.2) is 37.2 Å². The van der Waals surface area contributed by atoms with Gasteiger partial charge in [-0.15, -0.1) is 6.58 Å². The minimum absolute atomic E-state index is 0.0677. The first kappa shape index (κ1) is 26.1. The van der Waals surface area contributed by atoms with Gasteiger partial charge in [0, 0.05) is 61.1 Å². The topological polar surface area (TPSA) is 70.6 Å². The molecule has 1 aromatic heterocycles. The van der Waals surface area contributed by atoms with E-state index in [0.717, 1.165) is 30.8 Å². The van der Waals surface area contributed by atoms with Crippen molar-refractivity contribution >= 4 is 11.7 Å². The number of anilines is 1. The van der Waals surface area contributed by atoms with Crippen molar-refractivity contribution in [3.63, 3.8) is 0 Å². The number of halogens is 1. The number of hydrogen-bond donors (Lipinski definition) is 1. The van der Waals surface area contributed by atoms with Crippen molar-refractivity contribution in [2.75, 3.05) is 44.7 Å². The Hall–Kier alpha value is -3.00. The fraction of sp³-hybridized carbons (Fsp3) is 0.536. The summed E-state index contributed by atoms with van der Waals surface area (Å²) in [6.45, 7) is 13.0. The van der Waals surface area contributed by atoms with E-state index in [1.165, 1.54) is 18.7 Å². The van der Waals surface area contributed by atoms with Crippen LogP contribution in [0.2, 0.25) is 0 Å². The minimum atomic E-state index is -0.644. The fourth-order valence-electron chi connectivity index (χ4n) is 5.29. The van der Waals surface area contributed by atoms with E-state index in [2.05, 4.69) is 47.5 Å². The van der Waals surface area contributed by atoms with Crippen LogP contribution in [0.5, 0.6) is 5.75 Å². The molecule has 1 aliphatic heterocycles. The lowest BCUT2D eigenvalue weighted by Crippen LogP contribution is -2.52. The molecule has 1 fully saturated rings. The number of amides is 1. The van der Waals surface area contributed by atoms with Gasteiger partial charge in [-0.2, -0.15) is 0 Å². The van der Waals surface area contributed by atoms with Gasteiger partial charge in [0.05, 0.1) is 13.0 Å². The van der Waals surface area contributed by atoms with Gasteiger partial charge in [0.1, 0.15) is 23.7 Å². The third-order valence-corrected chi connectivity index (χ3v) is 7.46. The van der Waals surface area contributed by atoms with Crippen molar-refractivity contribution in [1.29, 1.82) is 0 Å². The lowest BCUT2D eigenvalue weighted by atomic mass is 9.93. The highest BCUT2D eigenvalue weighted by atomic mass is 19.1. The SMILES string of the molecule is C=CCC(C)(C)NCC(C(=O)N1CCN(c2ncnc3c2[C@H](C)CC3)CC1)c1ccc(OC)cc1F. The van der Waals surface area contributed by atoms with E-state index < -0.39 is 11.7 Å². The zero-order chi connectivity index (χ0) is 25.9. The van der Waals surface area contributed by atoms with E-state index in [4.69, 9.17) is 4.74 Å². The van der Waals surface area contributed by atoms with E-state index in [-0.39, 0.29) is 11.4 Å². The monoisotopic (exact) mass is 495 g/mol. The average Bonchev–Trinajstić information content (AvgIpc) is 3.25. The van der Waals surface area contributed by atoms with Gasteiger partial charge >= 0.3 is 0 Å². The van der Waals surface area contributed by atoms with Gasteiger partial charge in [0.25, 0.3) is 0 Å². The van der Waals surface area contributed by atoms with Crippen LogP contribution in [0.1, 0.15) is 62.3 Å². The normalized spacial score (nSPS) is 18.6. The van der Waals surface area contributed by atoms with Crippen molar-refractivity contribution in [3.8, 4) is 5.75 Å². The fourth-order valence-corrected chi connectivity index (χ4v) is 5.29. The van der Waals surface area contributed by atoms with Crippen LogP contribution in [0.3, 0.4) is 0 Å². The molecule has 36 heavy (non-hydrogen) atoms. The van der Waals surface area contributed by atoms with Crippen molar-refractivity contribution in [3.05, 3.63) is 59.8 Å². The first-order chi connectivity index (χ1) is 17.2. The van der Waals surface area contributed by atoms with Crippen LogP contribution in [0.25, 0.3) is 0 Å². The molecule has 0 bridgehead atoms. The molecule has 8 heteroatoms. The number of aromatic nitrogens is 2. The number of aryl methyl sites for hydroxylation is 1. The second kappa shape index (κ2) is 10.9. The molecule has 4 rings (SSSR count). The molecule has 1 saturated heterocycles. The first-order valence-corrected chi connectivity index (χ1v) is 12.8. The first-order valence-electron chi connectivity index (χ1n) is 12.8. The summed E-state index contributed by atoms with van der Waals surface area (Å²) >= 11 is 0. The quantitative estimate of drug-likeness (QED) is 0.530. The van der Waals surface area contributed by atoms with Crippen LogP contribution in [0.4, 0.5) is 10.2 Å². The third-order valence-electron chi connectivity index (χ3n) is 7.46. The van der Waals surface area contributed by atoms with Gasteiger partial charge < -0.3 is 19.9 Å². The van der Waals surface area contributed by atoms with Crippen molar-refractivity contribution in [2.24, 2.45) is 0 Å². The van der Waals surface area contributed by atoms with E-state index >= 15 is 4.39 Å². The maximum atomic E-state index is 15.1. The third kappa shape index (κ3) is 5.53. The molecular formula is C28H38FN5O2. The summed E-state index contributed by atoms with van der Waals surface area (Å²) in [5, 5.41) is 3.46. The number of piperazine rings is 1. The molecule has 194 valence electrons. The van der Waals surface area contributed by atoms with Crippen LogP contribution in [-0.4, -0.2) is 66.1 Å². The standard InChI is InChI=1S/C28H38FN5O2/c1-6-11-28(3,4)32-17-22(21-9-8-20(36-5)16-23(21)29)27(35)34-14-12-33(13-15-34)26-25-19(2)7-10-24(25)30-18-31-26/h6,8-9,16,18-19,22,32H,1,7,10-15,17H2,2-5H3/t19-,22?/m1/s1. The summed E-state index contributed by atoms with van der Waals surface area (Å²) in [5.41, 5.74) is 2.53. The van der Waals surface area contributed by atoms with Gasteiger partial charge in [-0.25, -0.2) is 14.4 Å². The molecule has 2 heterocycles. The maximum absolute atomic E-state index is 15.1. The Morgan fingerprint density at radius 3 is 2.72 bits per heavy atom. The Morgan fingerprint density at radius 2 is 2.06 bits per heavy atom. The number of fused-ring (bicyclic) bond motifs is 1. The molecular weight excluding hydrogens is 457 g/mol. The molecule has 1 amide bonds. The molecule has 0 radical (unpaired) electrons. The molecule has 2 atom stereocenters. The van der Waals surface area contributed by atoms with Gasteiger partial charge in [-0.1, -0.05) is 19.1 Å². The minimum Gasteiger partial charge on any atom is -0.497 e. The van der Waals surface area contributed by atoms with Gasteiger partial charge in [0.15, 0.2) is 0 Å². The second-order valence-corrected chi connectivity index (χ2v) is 10.5. The number of rotatable bonds is 9. The van der Waals surface area contributed by atoms with E-state index in [1.54, 1.807) is 18.5 Å². The van der Waals surface area contributed by atoms with Crippen LogP contribution < -0.4 is 15.0 Å². The summed E-state index contributed by atoms with van der Waals surface area (Å²) < 4.78 is 20.3. The number of hydrogen-bond acceptors (Lipinski definition) is 6. The average molecular weight is 496 g/mol. The molecule has 1 aromatic carbocycles. The van der Waals surface area contributed by atoms with Gasteiger partial charge in [0.2, 0.25) is 5.91 Å². The van der Waals surface area contributed by atoms with Gasteiger partial charge in [-0.3, -0.25) is 4.79 Å². The molecule has 1 aliphatic carbocycles. The summed E-state index contributed by atoms with van der Waals surface area (Å²) in [7, 11) is 1.50. The molecule has 7 nitrogen and oxygen atoms in total. The second-order valence-electron chi connectivity index (χ2n) is 10.5. The van der Waals surface area contributed by atoms with E-state index in [1.807, 2.05) is 11.0 Å². The van der Waals surface area contributed by atoms with Crippen molar-refractivity contribution < 1.29 is 13.9 Å². The molecule has 0 saturated carbocycles. The Labute approximate surface area is 213 Å². The lowest BCUT2D eigenvalue weighted by molar-refractivity contribution is -0.133. The summed E-state index contributed by atoms with van der Waals surface area (Å²) in [4.78, 5) is 27.0. The highest BCUT2D eigenvalue weighted by molar-refractivity contribution is 5.84. The Balaban J connectivity index is 1.51. The zero-order valence-corrected chi connectivity index (χ0v) is 21.9. The Kier molecular flexibility index (Phi) is 7.93. The number of carbonyl (C=O) groups excluding carboxylic acids is 1. The van der Waals surface area contributed by atoms with Crippen molar-refractivity contribution in [1.82, 2.24) is 20.2 Å². The molecule has 2 aromatic rings. The highest BCUT2D eigenvalue weighted by Crippen LogP contribution is 2.37. The maximum Gasteiger partial charge on any atom is 0.231 e. The lowest BCUT2D eigenvalue weighted by Gasteiger charge is -2.38. The van der Waals surface area contributed by atoms with E-state index in [9.17, 15) is 4.79 Å². The number of nitrogens with zero attached hydrogens (tertiary/aromatic N) is 4. The molecule has 1 N–H and O–H groups in total. The highest BCUT2D eigenvalue weighted by Gasteiger charge is 2.33. The van der Waals surface area contributed by atoms with E-state index in [0.29, 0.717) is 50.0 Å². The predicted molar refractivity (Wildman–Crippen MR) is 140 cm³/mol. The number of ether oxygens (including phenoxy) is 1. The van der Waals surface area contributed by atoms with Crippen molar-refractivity contribution in [2.45, 2.75) is 57.4 Å². The Morgan fingerprint density at radius 1 is 1.31 bits per heavy atom. The zero-order valence-electron chi connectivity index (χ0n) is 21.9. The predicted octanol–water partition coefficient (Wildman–Crippen LogP) is 4.05. The van der Waals surface area contributed by atoms with Crippen LogP contribution in [0, 0.1) is 5.82 Å². The molecule has 0 spiro atoms. The van der Waals surface area contributed by atoms with Crippen LogP contribution in [-0.2, 0) is 11.2 Å². The number of benzene rings is 1. The number of methoxy groups -OCH3 is 1. The smallest absolute Gasteiger partial charge is 0.231 e. The summed E-state index contributed by atoms with van der Waals surface area (Å²) in [6, 6.07) is 4.72. The number of carbonyl (C=O) groups is 1. The largest absolute Gasteiger partial charge is 0.497 e. The van der Waals surface area contributed by atoms with Crippen LogP contribution >= 0.6 is 0 Å².